The van der Waals surface area contributed by atoms with E-state index in [2.05, 4.69) is 15.4 Å². The molecule has 0 aromatic carbocycles. The molecule has 1 amide bonds. The lowest BCUT2D eigenvalue weighted by Crippen LogP contribution is -2.27. The molecular formula is C14H32N2O5. The zero-order chi connectivity index (χ0) is 16.2. The van der Waals surface area contributed by atoms with Crippen LogP contribution in [0.15, 0.2) is 0 Å². The Kier molecular flexibility index (Phi) is 22.8. The highest BCUT2D eigenvalue weighted by atomic mass is 16.5. The maximum atomic E-state index is 10.7. The van der Waals surface area contributed by atoms with Gasteiger partial charge in [0.1, 0.15) is 0 Å². The number of ether oxygens (including phenoxy) is 4. The number of rotatable bonds is 13. The molecule has 0 aliphatic rings. The van der Waals surface area contributed by atoms with Gasteiger partial charge in [-0.2, -0.15) is 0 Å². The molecule has 0 aliphatic heterocycles. The second-order valence-electron chi connectivity index (χ2n) is 3.71. The molecule has 0 unspecified atom stereocenters. The minimum absolute atomic E-state index is 0.432. The van der Waals surface area contributed by atoms with Crippen LogP contribution in [0.2, 0.25) is 0 Å². The van der Waals surface area contributed by atoms with Crippen LogP contribution in [0.5, 0.6) is 0 Å². The van der Waals surface area contributed by atoms with Crippen molar-refractivity contribution in [2.24, 2.45) is 0 Å². The van der Waals surface area contributed by atoms with Gasteiger partial charge in [-0.15, -0.1) is 0 Å². The van der Waals surface area contributed by atoms with Crippen LogP contribution in [0.1, 0.15) is 20.3 Å². The van der Waals surface area contributed by atoms with Crippen LogP contribution in [-0.4, -0.2) is 73.0 Å². The summed E-state index contributed by atoms with van der Waals surface area (Å²) in [6.07, 6.45) is 0.558. The third-order valence-corrected chi connectivity index (χ3v) is 2.16. The van der Waals surface area contributed by atoms with Crippen molar-refractivity contribution in [3.8, 4) is 0 Å². The Hall–Kier alpha value is -0.890. The maximum Gasteiger partial charge on any atom is 0.406 e. The molecule has 0 aromatic heterocycles. The Bertz CT molecular complexity index is 206. The number of hydrogen-bond donors (Lipinski definition) is 2. The average molecular weight is 308 g/mol. The van der Waals surface area contributed by atoms with Gasteiger partial charge < -0.3 is 29.6 Å². The summed E-state index contributed by atoms with van der Waals surface area (Å²) in [4.78, 5) is 10.7. The molecule has 0 saturated carbocycles. The third kappa shape index (κ3) is 21.6. The number of carbonyl (C=O) groups excluding carboxylic acids is 1. The number of alkyl carbamates (subject to hydrolysis) is 1. The first-order valence-electron chi connectivity index (χ1n) is 7.51. The summed E-state index contributed by atoms with van der Waals surface area (Å²) in [6.45, 7) is 8.80. The summed E-state index contributed by atoms with van der Waals surface area (Å²) in [5, 5.41) is 5.57. The molecule has 0 atom stereocenters. The van der Waals surface area contributed by atoms with E-state index in [1.54, 1.807) is 0 Å². The summed E-state index contributed by atoms with van der Waals surface area (Å²) in [5.41, 5.74) is 0. The standard InChI is InChI=1S/C12H26N2O5.C2H6/c1-13-4-3-6-17-8-10-19-11-9-18-7-5-14-12(15)16-2;1-2/h13H,3-11H2,1-2H3,(H,14,15);1-2H3. The highest BCUT2D eigenvalue weighted by Crippen LogP contribution is 1.83. The number of methoxy groups -OCH3 is 1. The number of carbonyl (C=O) groups is 1. The fraction of sp³-hybridized carbons (Fsp3) is 0.929. The lowest BCUT2D eigenvalue weighted by molar-refractivity contribution is 0.0148. The van der Waals surface area contributed by atoms with Gasteiger partial charge in [0.2, 0.25) is 0 Å². The van der Waals surface area contributed by atoms with Gasteiger partial charge in [-0.3, -0.25) is 0 Å². The molecule has 7 heteroatoms. The zero-order valence-corrected chi connectivity index (χ0v) is 13.9. The van der Waals surface area contributed by atoms with E-state index in [1.165, 1.54) is 7.11 Å². The van der Waals surface area contributed by atoms with Crippen molar-refractivity contribution < 1.29 is 23.7 Å². The molecule has 0 radical (unpaired) electrons. The maximum absolute atomic E-state index is 10.7. The second-order valence-corrected chi connectivity index (χ2v) is 3.71. The minimum Gasteiger partial charge on any atom is -0.453 e. The van der Waals surface area contributed by atoms with Crippen LogP contribution < -0.4 is 10.6 Å². The van der Waals surface area contributed by atoms with E-state index < -0.39 is 6.09 Å². The topological polar surface area (TPSA) is 78.0 Å². The smallest absolute Gasteiger partial charge is 0.406 e. The summed E-state index contributed by atoms with van der Waals surface area (Å²) in [5.74, 6) is 0. The van der Waals surface area contributed by atoms with Crippen LogP contribution in [0.25, 0.3) is 0 Å². The van der Waals surface area contributed by atoms with Gasteiger partial charge in [0, 0.05) is 13.2 Å². The monoisotopic (exact) mass is 308 g/mol. The molecule has 0 saturated heterocycles. The van der Waals surface area contributed by atoms with Crippen LogP contribution in [0.3, 0.4) is 0 Å². The Labute approximate surface area is 128 Å². The molecular weight excluding hydrogens is 276 g/mol. The Balaban J connectivity index is 0. The molecule has 2 N–H and O–H groups in total. The lowest BCUT2D eigenvalue weighted by atomic mass is 10.4. The van der Waals surface area contributed by atoms with Gasteiger partial charge in [0.05, 0.1) is 40.1 Å². The lowest BCUT2D eigenvalue weighted by Gasteiger charge is -2.07. The Morgan fingerprint density at radius 1 is 0.857 bits per heavy atom. The van der Waals surface area contributed by atoms with Crippen LogP contribution in [0, 0.1) is 0 Å². The molecule has 0 spiro atoms. The van der Waals surface area contributed by atoms with Gasteiger partial charge in [-0.25, -0.2) is 4.79 Å². The SMILES string of the molecule is CC.CNCCCOCCOCCOCCNC(=O)OC. The van der Waals surface area contributed by atoms with Crippen molar-refractivity contribution in [3.05, 3.63) is 0 Å². The van der Waals surface area contributed by atoms with Gasteiger partial charge in [-0.05, 0) is 20.0 Å². The molecule has 0 aromatic rings. The number of nitrogens with one attached hydrogen (secondary N) is 2. The molecule has 128 valence electrons. The third-order valence-electron chi connectivity index (χ3n) is 2.16. The van der Waals surface area contributed by atoms with Gasteiger partial charge in [0.15, 0.2) is 0 Å². The fourth-order valence-corrected chi connectivity index (χ4v) is 1.19. The largest absolute Gasteiger partial charge is 0.453 e. The van der Waals surface area contributed by atoms with E-state index in [1.807, 2.05) is 20.9 Å². The predicted molar refractivity (Wildman–Crippen MR) is 82.8 cm³/mol. The minimum atomic E-state index is -0.449. The number of hydrogen-bond acceptors (Lipinski definition) is 6. The van der Waals surface area contributed by atoms with Crippen LogP contribution >= 0.6 is 0 Å². The van der Waals surface area contributed by atoms with Crippen molar-refractivity contribution in [1.82, 2.24) is 10.6 Å². The Morgan fingerprint density at radius 2 is 1.38 bits per heavy atom. The van der Waals surface area contributed by atoms with E-state index in [9.17, 15) is 4.79 Å². The van der Waals surface area contributed by atoms with Crippen molar-refractivity contribution in [1.29, 1.82) is 0 Å². The first kappa shape index (κ1) is 22.4. The highest BCUT2D eigenvalue weighted by Gasteiger charge is 1.96. The summed E-state index contributed by atoms with van der Waals surface area (Å²) >= 11 is 0. The van der Waals surface area contributed by atoms with E-state index in [0.29, 0.717) is 39.6 Å². The molecule has 21 heavy (non-hydrogen) atoms. The average Bonchev–Trinajstić information content (AvgIpc) is 2.53. The van der Waals surface area contributed by atoms with Crippen molar-refractivity contribution >= 4 is 6.09 Å². The number of amides is 1. The second kappa shape index (κ2) is 21.4. The molecule has 0 aliphatic carbocycles. The van der Waals surface area contributed by atoms with Crippen molar-refractivity contribution in [3.63, 3.8) is 0 Å². The first-order chi connectivity index (χ1) is 10.3. The van der Waals surface area contributed by atoms with Crippen LogP contribution in [-0.2, 0) is 18.9 Å². The van der Waals surface area contributed by atoms with Gasteiger partial charge in [0.25, 0.3) is 0 Å². The van der Waals surface area contributed by atoms with Crippen molar-refractivity contribution in [2.45, 2.75) is 20.3 Å². The summed E-state index contributed by atoms with van der Waals surface area (Å²) in [7, 11) is 3.24. The first-order valence-corrected chi connectivity index (χ1v) is 7.51. The Morgan fingerprint density at radius 3 is 1.90 bits per heavy atom. The normalized spacial score (nSPS) is 9.71. The van der Waals surface area contributed by atoms with Crippen molar-refractivity contribution in [2.75, 3.05) is 66.9 Å². The summed E-state index contributed by atoms with van der Waals surface area (Å²) < 4.78 is 20.3. The molecule has 7 nitrogen and oxygen atoms in total. The highest BCUT2D eigenvalue weighted by molar-refractivity contribution is 5.66. The molecule has 0 fully saturated rings. The van der Waals surface area contributed by atoms with Gasteiger partial charge in [-0.1, -0.05) is 13.8 Å². The van der Waals surface area contributed by atoms with E-state index in [-0.39, 0.29) is 0 Å². The van der Waals surface area contributed by atoms with Gasteiger partial charge >= 0.3 is 6.09 Å². The van der Waals surface area contributed by atoms with E-state index in [0.717, 1.165) is 19.6 Å². The van der Waals surface area contributed by atoms with E-state index >= 15 is 0 Å². The van der Waals surface area contributed by atoms with E-state index in [4.69, 9.17) is 14.2 Å². The van der Waals surface area contributed by atoms with Crippen LogP contribution in [0.4, 0.5) is 4.79 Å². The molecule has 0 rings (SSSR count). The fourth-order valence-electron chi connectivity index (χ4n) is 1.19. The summed E-state index contributed by atoms with van der Waals surface area (Å²) in [6, 6.07) is 0. The quantitative estimate of drug-likeness (QED) is 0.495. The molecule has 0 heterocycles. The zero-order valence-electron chi connectivity index (χ0n) is 13.9. The predicted octanol–water partition coefficient (Wildman–Crippen LogP) is 1.03. The molecule has 0 bridgehead atoms.